The number of aromatic nitrogens is 2. The third-order valence-corrected chi connectivity index (χ3v) is 4.44. The van der Waals surface area contributed by atoms with Crippen LogP contribution < -0.4 is 10.1 Å². The Labute approximate surface area is 151 Å². The fraction of sp³-hybridized carbons (Fsp3) is 0.300. The molecule has 2 heterocycles. The molecule has 0 bridgehead atoms. The summed E-state index contributed by atoms with van der Waals surface area (Å²) in [5.74, 6) is 0.693. The van der Waals surface area contributed by atoms with Crippen LogP contribution in [0.3, 0.4) is 0 Å². The summed E-state index contributed by atoms with van der Waals surface area (Å²) in [4.78, 5) is 4.38. The van der Waals surface area contributed by atoms with Crippen molar-refractivity contribution in [1.29, 1.82) is 0 Å². The van der Waals surface area contributed by atoms with Crippen LogP contribution >= 0.6 is 0 Å². The molecule has 0 saturated carbocycles. The summed E-state index contributed by atoms with van der Waals surface area (Å²) < 4.78 is 25.9. The summed E-state index contributed by atoms with van der Waals surface area (Å²) in [6.45, 7) is 1.80. The number of ether oxygens (including phenoxy) is 1. The van der Waals surface area contributed by atoms with Crippen LogP contribution in [0, 0.1) is 5.82 Å². The number of nitrogens with zero attached hydrogens (tertiary/aromatic N) is 2. The van der Waals surface area contributed by atoms with E-state index in [2.05, 4.69) is 15.5 Å². The van der Waals surface area contributed by atoms with Gasteiger partial charge in [-0.2, -0.15) is 4.98 Å². The summed E-state index contributed by atoms with van der Waals surface area (Å²) in [6.07, 6.45) is 2.37. The predicted molar refractivity (Wildman–Crippen MR) is 95.5 cm³/mol. The van der Waals surface area contributed by atoms with E-state index < -0.39 is 5.82 Å². The normalized spacial score (nSPS) is 15.1. The monoisotopic (exact) mass is 353 g/mol. The van der Waals surface area contributed by atoms with Crippen molar-refractivity contribution in [3.63, 3.8) is 0 Å². The van der Waals surface area contributed by atoms with E-state index >= 15 is 0 Å². The maximum Gasteiger partial charge on any atom is 0.264 e. The van der Waals surface area contributed by atoms with Gasteiger partial charge >= 0.3 is 0 Å². The fourth-order valence-electron chi connectivity index (χ4n) is 3.11. The van der Waals surface area contributed by atoms with Gasteiger partial charge in [0.2, 0.25) is 0 Å². The molecule has 1 aliphatic rings. The lowest BCUT2D eigenvalue weighted by atomic mass is 10.1. The first kappa shape index (κ1) is 16.7. The summed E-state index contributed by atoms with van der Waals surface area (Å²) in [5.41, 5.74) is 1.30. The largest absolute Gasteiger partial charge is 0.489 e. The Morgan fingerprint density at radius 2 is 1.88 bits per heavy atom. The van der Waals surface area contributed by atoms with E-state index in [1.165, 1.54) is 6.07 Å². The molecule has 1 aliphatic heterocycles. The molecule has 0 spiro atoms. The second-order valence-electron chi connectivity index (χ2n) is 6.36. The standard InChI is InChI=1S/C20H20FN3O2/c21-16-7-4-8-17(25-15-9-11-22-12-10-15)19(16)20-23-18(24-26-20)13-14-5-2-1-3-6-14/h1-8,15,22H,9-13H2. The third kappa shape index (κ3) is 3.75. The molecule has 0 radical (unpaired) electrons. The number of nitrogens with one attached hydrogen (secondary N) is 1. The quantitative estimate of drug-likeness (QED) is 0.759. The van der Waals surface area contributed by atoms with Crippen molar-refractivity contribution >= 4 is 0 Å². The Morgan fingerprint density at radius 3 is 2.69 bits per heavy atom. The van der Waals surface area contributed by atoms with Crippen LogP contribution in [0.25, 0.3) is 11.5 Å². The Morgan fingerprint density at radius 1 is 1.08 bits per heavy atom. The molecule has 2 aromatic carbocycles. The van der Waals surface area contributed by atoms with Crippen LogP contribution in [0.15, 0.2) is 53.1 Å². The highest BCUT2D eigenvalue weighted by atomic mass is 19.1. The molecule has 1 N–H and O–H groups in total. The van der Waals surface area contributed by atoms with Gasteiger partial charge in [0.05, 0.1) is 0 Å². The first-order valence-electron chi connectivity index (χ1n) is 8.82. The van der Waals surface area contributed by atoms with Crippen molar-refractivity contribution in [3.8, 4) is 17.2 Å². The minimum absolute atomic E-state index is 0.0588. The predicted octanol–water partition coefficient (Wildman–Crippen LogP) is 3.60. The Bertz CT molecular complexity index is 861. The van der Waals surface area contributed by atoms with E-state index in [1.54, 1.807) is 12.1 Å². The van der Waals surface area contributed by atoms with Crippen molar-refractivity contribution in [2.24, 2.45) is 0 Å². The van der Waals surface area contributed by atoms with Gasteiger partial charge in [-0.1, -0.05) is 41.6 Å². The van der Waals surface area contributed by atoms with Crippen molar-refractivity contribution in [2.75, 3.05) is 13.1 Å². The lowest BCUT2D eigenvalue weighted by Crippen LogP contribution is -2.34. The van der Waals surface area contributed by atoms with E-state index in [0.29, 0.717) is 18.0 Å². The van der Waals surface area contributed by atoms with Gasteiger partial charge in [-0.25, -0.2) is 4.39 Å². The average Bonchev–Trinajstić information content (AvgIpc) is 3.11. The maximum atomic E-state index is 14.5. The highest BCUT2D eigenvalue weighted by Crippen LogP contribution is 2.33. The minimum atomic E-state index is -0.425. The summed E-state index contributed by atoms with van der Waals surface area (Å²) in [5, 5.41) is 7.29. The van der Waals surface area contributed by atoms with Crippen LogP contribution in [0.1, 0.15) is 24.2 Å². The molecule has 0 unspecified atom stereocenters. The molecule has 0 amide bonds. The van der Waals surface area contributed by atoms with Gasteiger partial charge in [0.25, 0.3) is 5.89 Å². The molecule has 134 valence electrons. The number of piperidine rings is 1. The zero-order valence-corrected chi connectivity index (χ0v) is 14.3. The van der Waals surface area contributed by atoms with Gasteiger partial charge in [0, 0.05) is 6.42 Å². The molecule has 5 nitrogen and oxygen atoms in total. The summed E-state index contributed by atoms with van der Waals surface area (Å²) in [6, 6.07) is 14.6. The number of rotatable bonds is 5. The number of hydrogen-bond donors (Lipinski definition) is 1. The molecular formula is C20H20FN3O2. The fourth-order valence-corrected chi connectivity index (χ4v) is 3.11. The van der Waals surface area contributed by atoms with E-state index in [0.717, 1.165) is 31.5 Å². The van der Waals surface area contributed by atoms with E-state index in [1.807, 2.05) is 30.3 Å². The van der Waals surface area contributed by atoms with Gasteiger partial charge < -0.3 is 14.6 Å². The summed E-state index contributed by atoms with van der Waals surface area (Å²) >= 11 is 0. The van der Waals surface area contributed by atoms with Crippen molar-refractivity contribution in [1.82, 2.24) is 15.5 Å². The zero-order valence-electron chi connectivity index (χ0n) is 14.3. The number of halogens is 1. The van der Waals surface area contributed by atoms with Crippen molar-refractivity contribution < 1.29 is 13.7 Å². The van der Waals surface area contributed by atoms with Crippen LogP contribution in [-0.2, 0) is 6.42 Å². The molecular weight excluding hydrogens is 333 g/mol. The first-order chi connectivity index (χ1) is 12.8. The van der Waals surface area contributed by atoms with Gasteiger partial charge in [-0.15, -0.1) is 0 Å². The highest BCUT2D eigenvalue weighted by molar-refractivity contribution is 5.63. The molecule has 0 atom stereocenters. The minimum Gasteiger partial charge on any atom is -0.489 e. The van der Waals surface area contributed by atoms with Gasteiger partial charge in [0.15, 0.2) is 5.82 Å². The van der Waals surface area contributed by atoms with Gasteiger partial charge in [-0.3, -0.25) is 0 Å². The first-order valence-corrected chi connectivity index (χ1v) is 8.82. The van der Waals surface area contributed by atoms with Gasteiger partial charge in [0.1, 0.15) is 23.2 Å². The second kappa shape index (κ2) is 7.66. The third-order valence-electron chi connectivity index (χ3n) is 4.44. The molecule has 1 fully saturated rings. The molecule has 3 aromatic rings. The van der Waals surface area contributed by atoms with E-state index in [4.69, 9.17) is 9.26 Å². The van der Waals surface area contributed by atoms with E-state index in [9.17, 15) is 4.39 Å². The average molecular weight is 353 g/mol. The Hall–Kier alpha value is -2.73. The Kier molecular flexibility index (Phi) is 4.93. The molecule has 26 heavy (non-hydrogen) atoms. The SMILES string of the molecule is Fc1cccc(OC2CCNCC2)c1-c1nc(Cc2ccccc2)no1. The molecule has 1 aromatic heterocycles. The molecule has 4 rings (SSSR count). The topological polar surface area (TPSA) is 60.2 Å². The highest BCUT2D eigenvalue weighted by Gasteiger charge is 2.22. The van der Waals surface area contributed by atoms with Crippen LogP contribution in [-0.4, -0.2) is 29.3 Å². The lowest BCUT2D eigenvalue weighted by Gasteiger charge is -2.24. The van der Waals surface area contributed by atoms with Crippen LogP contribution in [0.5, 0.6) is 5.75 Å². The van der Waals surface area contributed by atoms with Crippen molar-refractivity contribution in [3.05, 3.63) is 65.7 Å². The molecule has 6 heteroatoms. The van der Waals surface area contributed by atoms with Crippen molar-refractivity contribution in [2.45, 2.75) is 25.4 Å². The van der Waals surface area contributed by atoms with Crippen LogP contribution in [0.4, 0.5) is 4.39 Å². The van der Waals surface area contributed by atoms with E-state index in [-0.39, 0.29) is 17.6 Å². The second-order valence-corrected chi connectivity index (χ2v) is 6.36. The molecule has 0 aliphatic carbocycles. The van der Waals surface area contributed by atoms with Gasteiger partial charge in [-0.05, 0) is 43.6 Å². The lowest BCUT2D eigenvalue weighted by molar-refractivity contribution is 0.162. The zero-order chi connectivity index (χ0) is 17.8. The number of benzene rings is 2. The summed E-state index contributed by atoms with van der Waals surface area (Å²) in [7, 11) is 0. The smallest absolute Gasteiger partial charge is 0.264 e. The Balaban J connectivity index is 1.59. The molecule has 1 saturated heterocycles. The maximum absolute atomic E-state index is 14.5. The van der Waals surface area contributed by atoms with Crippen LogP contribution in [0.2, 0.25) is 0 Å². The number of hydrogen-bond acceptors (Lipinski definition) is 5.